The first kappa shape index (κ1) is 12.9. The van der Waals surface area contributed by atoms with Crippen LogP contribution in [0.5, 0.6) is 0 Å². The maximum absolute atomic E-state index is 10.0. The number of ether oxygens (including phenoxy) is 2. The molecule has 2 N–H and O–H groups in total. The molecule has 0 radical (unpaired) electrons. The fourth-order valence-corrected chi connectivity index (χ4v) is 3.96. The molecule has 1 saturated carbocycles. The van der Waals surface area contributed by atoms with Crippen molar-refractivity contribution in [1.82, 2.24) is 0 Å². The van der Waals surface area contributed by atoms with Gasteiger partial charge >= 0.3 is 0 Å². The van der Waals surface area contributed by atoms with Crippen molar-refractivity contribution in [3.8, 4) is 0 Å². The van der Waals surface area contributed by atoms with Crippen LogP contribution in [0.15, 0.2) is 0 Å². The Hall–Kier alpha value is -0.160. The first-order valence-corrected chi connectivity index (χ1v) is 7.19. The van der Waals surface area contributed by atoms with Gasteiger partial charge in [0.2, 0.25) is 0 Å². The van der Waals surface area contributed by atoms with Gasteiger partial charge in [-0.3, -0.25) is 0 Å². The van der Waals surface area contributed by atoms with Crippen LogP contribution in [0.4, 0.5) is 0 Å². The highest BCUT2D eigenvalue weighted by molar-refractivity contribution is 5.04. The number of aliphatic hydroxyl groups excluding tert-OH is 2. The average molecular weight is 256 g/mol. The van der Waals surface area contributed by atoms with Crippen molar-refractivity contribution in [1.29, 1.82) is 0 Å². The number of rotatable bonds is 6. The molecule has 4 atom stereocenters. The fraction of sp³-hybridized carbons (Fsp3) is 1.00. The normalized spacial score (nSPS) is 47.0. The van der Waals surface area contributed by atoms with Gasteiger partial charge in [0.1, 0.15) is 0 Å². The predicted octanol–water partition coefficient (Wildman–Crippen LogP) is 1.10. The van der Waals surface area contributed by atoms with Crippen LogP contribution in [-0.2, 0) is 9.47 Å². The molecule has 0 aromatic rings. The summed E-state index contributed by atoms with van der Waals surface area (Å²) in [6, 6.07) is 0. The van der Waals surface area contributed by atoms with Gasteiger partial charge in [-0.05, 0) is 25.7 Å². The molecule has 3 rings (SSSR count). The molecule has 3 fully saturated rings. The molecule has 4 heteroatoms. The monoisotopic (exact) mass is 256 g/mol. The largest absolute Gasteiger partial charge is 0.396 e. The Kier molecular flexibility index (Phi) is 3.39. The zero-order chi connectivity index (χ0) is 12.6. The third-order valence-corrected chi connectivity index (χ3v) is 5.33. The van der Waals surface area contributed by atoms with Crippen molar-refractivity contribution >= 4 is 0 Å². The Bertz CT molecular complexity index is 270. The number of hydrogen-bond acceptors (Lipinski definition) is 4. The topological polar surface area (TPSA) is 65.5 Å². The lowest BCUT2D eigenvalue weighted by Crippen LogP contribution is -2.51. The molecule has 1 aliphatic carbocycles. The molecule has 0 amide bonds. The van der Waals surface area contributed by atoms with Gasteiger partial charge in [0.25, 0.3) is 0 Å². The minimum atomic E-state index is -0.160. The van der Waals surface area contributed by atoms with Gasteiger partial charge in [0.05, 0.1) is 25.4 Å². The third kappa shape index (κ3) is 2.20. The summed E-state index contributed by atoms with van der Waals surface area (Å²) < 4.78 is 10.7. The van der Waals surface area contributed by atoms with Crippen LogP contribution in [0.3, 0.4) is 0 Å². The van der Waals surface area contributed by atoms with Crippen LogP contribution in [0.25, 0.3) is 0 Å². The van der Waals surface area contributed by atoms with Crippen molar-refractivity contribution in [2.45, 2.75) is 50.7 Å². The summed E-state index contributed by atoms with van der Waals surface area (Å²) in [5.41, 5.74) is -0.319. The van der Waals surface area contributed by atoms with E-state index < -0.39 is 0 Å². The minimum Gasteiger partial charge on any atom is -0.396 e. The van der Waals surface area contributed by atoms with Crippen LogP contribution in [-0.4, -0.2) is 48.8 Å². The Labute approximate surface area is 108 Å². The molecule has 2 aliphatic heterocycles. The van der Waals surface area contributed by atoms with Crippen molar-refractivity contribution < 1.29 is 19.7 Å². The quantitative estimate of drug-likeness (QED) is 0.698. The summed E-state index contributed by atoms with van der Waals surface area (Å²) in [6.45, 7) is 1.98. The average Bonchev–Trinajstić information content (AvgIpc) is 3.27. The smallest absolute Gasteiger partial charge is 0.0816 e. The van der Waals surface area contributed by atoms with Gasteiger partial charge < -0.3 is 19.7 Å². The van der Waals surface area contributed by atoms with Crippen LogP contribution in [0.1, 0.15) is 38.5 Å². The summed E-state index contributed by atoms with van der Waals surface area (Å²) >= 11 is 0. The number of epoxide rings is 2. The van der Waals surface area contributed by atoms with Gasteiger partial charge in [-0.25, -0.2) is 0 Å². The molecule has 2 saturated heterocycles. The lowest BCUT2D eigenvalue weighted by Gasteiger charge is -2.52. The van der Waals surface area contributed by atoms with E-state index in [1.54, 1.807) is 0 Å². The highest BCUT2D eigenvalue weighted by Gasteiger charge is 2.55. The highest BCUT2D eigenvalue weighted by Crippen LogP contribution is 2.57. The maximum atomic E-state index is 10.0. The second-order valence-electron chi connectivity index (χ2n) is 6.40. The maximum Gasteiger partial charge on any atom is 0.0816 e. The molecule has 0 aromatic carbocycles. The Balaban J connectivity index is 1.83. The molecule has 0 aromatic heterocycles. The number of aliphatic hydroxyl groups is 2. The molecule has 0 spiro atoms. The molecular formula is C14H24O4. The third-order valence-electron chi connectivity index (χ3n) is 5.33. The van der Waals surface area contributed by atoms with Crippen molar-refractivity contribution in [3.63, 3.8) is 0 Å². The summed E-state index contributed by atoms with van der Waals surface area (Å²) in [5.74, 6) is 0. The lowest BCUT2D eigenvalue weighted by atomic mass is 9.53. The molecule has 4 nitrogen and oxygen atoms in total. The molecule has 2 heterocycles. The van der Waals surface area contributed by atoms with Crippen LogP contribution in [0.2, 0.25) is 0 Å². The van der Waals surface area contributed by atoms with Gasteiger partial charge in [0.15, 0.2) is 0 Å². The molecule has 3 aliphatic rings. The number of hydrogen-bond donors (Lipinski definition) is 2. The Morgan fingerprint density at radius 3 is 1.50 bits per heavy atom. The fourth-order valence-electron chi connectivity index (χ4n) is 3.96. The van der Waals surface area contributed by atoms with Crippen molar-refractivity contribution in [2.24, 2.45) is 10.8 Å². The van der Waals surface area contributed by atoms with E-state index in [1.165, 1.54) is 0 Å². The highest BCUT2D eigenvalue weighted by atomic mass is 16.6. The van der Waals surface area contributed by atoms with Crippen molar-refractivity contribution in [2.75, 3.05) is 26.4 Å². The lowest BCUT2D eigenvalue weighted by molar-refractivity contribution is -0.105. The van der Waals surface area contributed by atoms with E-state index in [0.29, 0.717) is 12.2 Å². The van der Waals surface area contributed by atoms with E-state index in [9.17, 15) is 10.2 Å². The summed E-state index contributed by atoms with van der Waals surface area (Å²) in [4.78, 5) is 0. The van der Waals surface area contributed by atoms with E-state index in [-0.39, 0.29) is 24.0 Å². The summed E-state index contributed by atoms with van der Waals surface area (Å²) in [5, 5.41) is 20.0. The molecule has 18 heavy (non-hydrogen) atoms. The standard InChI is InChI=1S/C14H24O4/c15-9-13(5-11-7-17-11)3-1-2-4-14(13,10-16)6-12-8-18-12/h11-12,15-16H,1-10H2. The van der Waals surface area contributed by atoms with Crippen LogP contribution in [0, 0.1) is 10.8 Å². The van der Waals surface area contributed by atoms with E-state index in [2.05, 4.69) is 0 Å². The zero-order valence-electron chi connectivity index (χ0n) is 10.9. The second kappa shape index (κ2) is 4.75. The minimum absolute atomic E-state index is 0.160. The zero-order valence-corrected chi connectivity index (χ0v) is 10.9. The SMILES string of the molecule is OCC1(CC2CO2)CCCCC1(CO)CC1CO1. The first-order chi connectivity index (χ1) is 8.74. The Morgan fingerprint density at radius 1 is 0.833 bits per heavy atom. The Morgan fingerprint density at radius 2 is 1.22 bits per heavy atom. The molecule has 0 bridgehead atoms. The van der Waals surface area contributed by atoms with E-state index >= 15 is 0 Å². The van der Waals surface area contributed by atoms with E-state index in [4.69, 9.17) is 9.47 Å². The van der Waals surface area contributed by atoms with Crippen LogP contribution >= 0.6 is 0 Å². The van der Waals surface area contributed by atoms with Gasteiger partial charge in [0, 0.05) is 24.0 Å². The van der Waals surface area contributed by atoms with E-state index in [1.807, 2.05) is 0 Å². The molecule has 4 unspecified atom stereocenters. The van der Waals surface area contributed by atoms with Crippen LogP contribution < -0.4 is 0 Å². The van der Waals surface area contributed by atoms with Gasteiger partial charge in [-0.2, -0.15) is 0 Å². The van der Waals surface area contributed by atoms with Crippen molar-refractivity contribution in [3.05, 3.63) is 0 Å². The second-order valence-corrected chi connectivity index (χ2v) is 6.40. The van der Waals surface area contributed by atoms with Gasteiger partial charge in [-0.15, -0.1) is 0 Å². The molecular weight excluding hydrogens is 232 g/mol. The first-order valence-electron chi connectivity index (χ1n) is 7.19. The summed E-state index contributed by atoms with van der Waals surface area (Å²) in [6.07, 6.45) is 6.74. The predicted molar refractivity (Wildman–Crippen MR) is 66.2 cm³/mol. The summed E-state index contributed by atoms with van der Waals surface area (Å²) in [7, 11) is 0. The molecule has 104 valence electrons. The van der Waals surface area contributed by atoms with Gasteiger partial charge in [-0.1, -0.05) is 12.8 Å². The van der Waals surface area contributed by atoms with E-state index in [0.717, 1.165) is 51.7 Å².